The molecular weight excluding hydrogens is 324 g/mol. The Morgan fingerprint density at radius 2 is 1.75 bits per heavy atom. The van der Waals surface area contributed by atoms with Gasteiger partial charge in [0, 0.05) is 19.0 Å². The third kappa shape index (κ3) is 2.92. The summed E-state index contributed by atoms with van der Waals surface area (Å²) in [6.45, 7) is 3.20. The fraction of sp³-hybridized carbons (Fsp3) is 0.278. The Morgan fingerprint density at radius 3 is 2.50 bits per heavy atom. The molecule has 3 aromatic rings. The van der Waals surface area contributed by atoms with Gasteiger partial charge in [-0.1, -0.05) is 30.3 Å². The largest absolute Gasteiger partial charge is 0.372 e. The predicted molar refractivity (Wildman–Crippen MR) is 97.3 cm³/mol. The number of alkyl halides is 1. The molecule has 5 nitrogen and oxygen atoms in total. The molecule has 0 spiro atoms. The average Bonchev–Trinajstić information content (AvgIpc) is 2.63. The Hall–Kier alpha value is -2.24. The molecule has 0 atom stereocenters. The van der Waals surface area contributed by atoms with Gasteiger partial charge in [-0.15, -0.1) is 11.6 Å². The zero-order valence-corrected chi connectivity index (χ0v) is 14.7. The van der Waals surface area contributed by atoms with Crippen molar-refractivity contribution in [2.75, 3.05) is 18.7 Å². The zero-order chi connectivity index (χ0) is 17.1. The molecule has 0 amide bonds. The van der Waals surface area contributed by atoms with Crippen LogP contribution in [0.15, 0.2) is 30.3 Å². The minimum Gasteiger partial charge on any atom is -0.372 e. The maximum absolute atomic E-state index is 5.64. The second-order valence-electron chi connectivity index (χ2n) is 5.38. The number of aromatic nitrogens is 3. The predicted octanol–water partition coefficient (Wildman–Crippen LogP) is 3.93. The molecule has 0 bridgehead atoms. The van der Waals surface area contributed by atoms with Crippen LogP contribution in [0.25, 0.3) is 22.2 Å². The third-order valence-corrected chi connectivity index (χ3v) is 3.94. The van der Waals surface area contributed by atoms with E-state index in [1.54, 1.807) is 0 Å². The van der Waals surface area contributed by atoms with E-state index in [1.165, 1.54) is 28.3 Å². The number of nitrogens with one attached hydrogen (secondary N) is 1. The van der Waals surface area contributed by atoms with Crippen LogP contribution in [0.1, 0.15) is 17.0 Å². The van der Waals surface area contributed by atoms with Crippen molar-refractivity contribution in [1.29, 1.82) is 0 Å². The first-order valence-electron chi connectivity index (χ1n) is 7.66. The van der Waals surface area contributed by atoms with Gasteiger partial charge in [0.15, 0.2) is 5.82 Å². The van der Waals surface area contributed by atoms with Crippen LogP contribution >= 0.6 is 11.6 Å². The smallest absolute Gasteiger partial charge is 0.226 e. The normalized spacial score (nSPS) is 12.5. The lowest BCUT2D eigenvalue weighted by Crippen LogP contribution is -2.06. The molecular formula is C18H19ClN4O. The first kappa shape index (κ1) is 16.6. The standard InChI is InChI=1S/C17H16N4O.CH3Cl/c1-10-19-16(21-17(18-2)20-10)14-7-6-12-9-22-8-11-4-3-5-13(14)15(11)12;1-2/h3-7H,8-9H2,1-2H3,(H,18,19,20,21);1H3. The van der Waals surface area contributed by atoms with Crippen molar-refractivity contribution in [3.63, 3.8) is 0 Å². The zero-order valence-electron chi connectivity index (χ0n) is 13.9. The summed E-state index contributed by atoms with van der Waals surface area (Å²) in [5.41, 5.74) is 3.48. The van der Waals surface area contributed by atoms with Crippen LogP contribution in [-0.4, -0.2) is 28.4 Å². The summed E-state index contributed by atoms with van der Waals surface area (Å²) in [5.74, 6) is 2.00. The van der Waals surface area contributed by atoms with Crippen molar-refractivity contribution >= 4 is 28.3 Å². The molecule has 4 rings (SSSR count). The second kappa shape index (κ2) is 7.11. The third-order valence-electron chi connectivity index (χ3n) is 3.94. The summed E-state index contributed by atoms with van der Waals surface area (Å²) in [5, 5.41) is 5.43. The number of rotatable bonds is 2. The Kier molecular flexibility index (Phi) is 4.92. The second-order valence-corrected chi connectivity index (χ2v) is 5.38. The van der Waals surface area contributed by atoms with E-state index in [0.717, 1.165) is 5.56 Å². The van der Waals surface area contributed by atoms with Crippen LogP contribution in [0.4, 0.5) is 5.95 Å². The Bertz CT molecular complexity index is 872. The van der Waals surface area contributed by atoms with Crippen molar-refractivity contribution < 1.29 is 4.74 Å². The number of halogens is 1. The molecule has 6 heteroatoms. The topological polar surface area (TPSA) is 59.9 Å². The van der Waals surface area contributed by atoms with Crippen molar-refractivity contribution in [2.45, 2.75) is 20.1 Å². The number of nitrogens with zero attached hydrogens (tertiary/aromatic N) is 3. The fourth-order valence-corrected chi connectivity index (χ4v) is 2.98. The molecule has 0 saturated heterocycles. The van der Waals surface area contributed by atoms with Gasteiger partial charge in [-0.05, 0) is 28.8 Å². The molecule has 24 heavy (non-hydrogen) atoms. The molecule has 0 unspecified atom stereocenters. The number of ether oxygens (including phenoxy) is 1. The van der Waals surface area contributed by atoms with Gasteiger partial charge in [0.2, 0.25) is 5.95 Å². The monoisotopic (exact) mass is 342 g/mol. The highest BCUT2D eigenvalue weighted by Gasteiger charge is 2.17. The highest BCUT2D eigenvalue weighted by Crippen LogP contribution is 2.34. The number of hydrogen-bond acceptors (Lipinski definition) is 5. The summed E-state index contributed by atoms with van der Waals surface area (Å²) in [4.78, 5) is 13.3. The molecule has 0 aliphatic carbocycles. The Balaban J connectivity index is 0.000000815. The van der Waals surface area contributed by atoms with Crippen LogP contribution in [-0.2, 0) is 18.0 Å². The average molecular weight is 343 g/mol. The first-order valence-corrected chi connectivity index (χ1v) is 8.41. The quantitative estimate of drug-likeness (QED) is 0.715. The number of benzene rings is 2. The summed E-state index contributed by atoms with van der Waals surface area (Å²) in [6.07, 6.45) is 1.47. The van der Waals surface area contributed by atoms with Gasteiger partial charge in [0.05, 0.1) is 13.2 Å². The highest BCUT2D eigenvalue weighted by molar-refractivity contribution is 6.15. The number of aryl methyl sites for hydroxylation is 1. The van der Waals surface area contributed by atoms with Crippen LogP contribution in [0.3, 0.4) is 0 Å². The van der Waals surface area contributed by atoms with Crippen LogP contribution in [0.2, 0.25) is 0 Å². The van der Waals surface area contributed by atoms with E-state index in [1.807, 2.05) is 14.0 Å². The SMILES string of the molecule is CCl.CNc1nc(C)nc(-c2ccc3c4c(cccc24)COC3)n1. The molecule has 2 aromatic carbocycles. The molecule has 124 valence electrons. The van der Waals surface area contributed by atoms with Gasteiger partial charge in [-0.3, -0.25) is 0 Å². The fourth-order valence-electron chi connectivity index (χ4n) is 2.98. The first-order chi connectivity index (χ1) is 11.8. The van der Waals surface area contributed by atoms with Gasteiger partial charge in [-0.2, -0.15) is 9.97 Å². The molecule has 0 radical (unpaired) electrons. The Labute approximate surface area is 146 Å². The minimum absolute atomic E-state index is 0.589. The number of hydrogen-bond donors (Lipinski definition) is 1. The van der Waals surface area contributed by atoms with Crippen molar-refractivity contribution in [3.05, 3.63) is 47.3 Å². The minimum atomic E-state index is 0.589. The van der Waals surface area contributed by atoms with Gasteiger partial charge in [-0.25, -0.2) is 4.98 Å². The Morgan fingerprint density at radius 1 is 1.00 bits per heavy atom. The van der Waals surface area contributed by atoms with Gasteiger partial charge in [0.25, 0.3) is 0 Å². The molecule has 0 saturated carbocycles. The lowest BCUT2D eigenvalue weighted by atomic mass is 9.94. The van der Waals surface area contributed by atoms with E-state index >= 15 is 0 Å². The van der Waals surface area contributed by atoms with E-state index in [2.05, 4.69) is 62.2 Å². The number of anilines is 1. The van der Waals surface area contributed by atoms with Crippen LogP contribution in [0, 0.1) is 6.92 Å². The van der Waals surface area contributed by atoms with E-state index in [9.17, 15) is 0 Å². The van der Waals surface area contributed by atoms with Gasteiger partial charge in [0.1, 0.15) is 5.82 Å². The maximum Gasteiger partial charge on any atom is 0.226 e. The van der Waals surface area contributed by atoms with E-state index in [4.69, 9.17) is 4.74 Å². The lowest BCUT2D eigenvalue weighted by Gasteiger charge is -2.19. The maximum atomic E-state index is 5.64. The molecule has 1 aromatic heterocycles. The van der Waals surface area contributed by atoms with Crippen molar-refractivity contribution in [2.24, 2.45) is 0 Å². The van der Waals surface area contributed by atoms with E-state index < -0.39 is 0 Å². The van der Waals surface area contributed by atoms with Gasteiger partial charge >= 0.3 is 0 Å². The van der Waals surface area contributed by atoms with Crippen molar-refractivity contribution in [3.8, 4) is 11.4 Å². The molecule has 1 aliphatic heterocycles. The summed E-state index contributed by atoms with van der Waals surface area (Å²) < 4.78 is 5.64. The summed E-state index contributed by atoms with van der Waals surface area (Å²) in [7, 11) is 1.81. The summed E-state index contributed by atoms with van der Waals surface area (Å²) >= 11 is 4.64. The van der Waals surface area contributed by atoms with Gasteiger partial charge < -0.3 is 10.1 Å². The summed E-state index contributed by atoms with van der Waals surface area (Å²) in [6, 6.07) is 10.5. The lowest BCUT2D eigenvalue weighted by molar-refractivity contribution is 0.103. The molecule has 1 aliphatic rings. The van der Waals surface area contributed by atoms with Crippen LogP contribution in [0.5, 0.6) is 0 Å². The van der Waals surface area contributed by atoms with Crippen LogP contribution < -0.4 is 5.32 Å². The molecule has 2 heterocycles. The molecule has 1 N–H and O–H groups in total. The van der Waals surface area contributed by atoms with E-state index in [-0.39, 0.29) is 0 Å². The highest BCUT2D eigenvalue weighted by atomic mass is 35.5. The van der Waals surface area contributed by atoms with E-state index in [0.29, 0.717) is 30.8 Å². The van der Waals surface area contributed by atoms with Crippen molar-refractivity contribution in [1.82, 2.24) is 15.0 Å². The molecule has 0 fully saturated rings.